The van der Waals surface area contributed by atoms with Crippen LogP contribution in [-0.4, -0.2) is 61.2 Å². The Hall–Kier alpha value is -3.56. The number of fused-ring (bicyclic) bond motifs is 1. The molecule has 1 aliphatic heterocycles. The van der Waals surface area contributed by atoms with E-state index < -0.39 is 11.4 Å². The van der Waals surface area contributed by atoms with E-state index in [9.17, 15) is 9.18 Å². The lowest BCUT2D eigenvalue weighted by molar-refractivity contribution is 0.145. The first-order valence-corrected chi connectivity index (χ1v) is 11.3. The summed E-state index contributed by atoms with van der Waals surface area (Å²) in [5, 5.41) is 7.06. The van der Waals surface area contributed by atoms with Gasteiger partial charge in [-0.2, -0.15) is 5.11 Å². The zero-order chi connectivity index (χ0) is 23.9. The highest BCUT2D eigenvalue weighted by atomic mass is 19.1. The number of H-pyrrole nitrogens is 1. The minimum Gasteiger partial charge on any atom is -0.494 e. The molecule has 1 fully saturated rings. The van der Waals surface area contributed by atoms with Gasteiger partial charge in [0.25, 0.3) is 5.56 Å². The van der Waals surface area contributed by atoms with Crippen molar-refractivity contribution in [2.75, 3.05) is 51.7 Å². The lowest BCUT2D eigenvalue weighted by atomic mass is 10.1. The minimum atomic E-state index is -0.404. The first-order chi connectivity index (χ1) is 16.5. The molecule has 1 saturated heterocycles. The molecule has 2 heterocycles. The summed E-state index contributed by atoms with van der Waals surface area (Å²) in [4.78, 5) is 19.9. The molecule has 4 rings (SSSR count). The van der Waals surface area contributed by atoms with Crippen molar-refractivity contribution in [3.8, 4) is 5.75 Å². The predicted molar refractivity (Wildman–Crippen MR) is 132 cm³/mol. The molecule has 9 heteroatoms. The highest BCUT2D eigenvalue weighted by Gasteiger charge is 2.13. The highest BCUT2D eigenvalue weighted by molar-refractivity contribution is 5.82. The van der Waals surface area contributed by atoms with Crippen LogP contribution in [-0.2, 0) is 0 Å². The SMILES string of the molecule is CN1CCN(CCCOc2ccc(N/C=C(\N=N)c3cc4cc(F)ccc4[nH]c3=O)cc2)CC1. The van der Waals surface area contributed by atoms with Crippen molar-refractivity contribution in [2.24, 2.45) is 5.11 Å². The second-order valence-electron chi connectivity index (χ2n) is 8.40. The van der Waals surface area contributed by atoms with Gasteiger partial charge >= 0.3 is 0 Å². The summed E-state index contributed by atoms with van der Waals surface area (Å²) in [5.41, 5.74) is 8.68. The van der Waals surface area contributed by atoms with Gasteiger partial charge in [-0.05, 0) is 62.0 Å². The Labute approximate surface area is 197 Å². The Morgan fingerprint density at radius 1 is 1.18 bits per heavy atom. The van der Waals surface area contributed by atoms with E-state index in [1.165, 1.54) is 30.5 Å². The topological polar surface area (TPSA) is 96.8 Å². The summed E-state index contributed by atoms with van der Waals surface area (Å²) < 4.78 is 19.4. The number of hydrogen-bond acceptors (Lipinski definition) is 7. The Bertz CT molecular complexity index is 1220. The van der Waals surface area contributed by atoms with Crippen LogP contribution >= 0.6 is 0 Å². The molecule has 0 unspecified atom stereocenters. The average Bonchev–Trinajstić information content (AvgIpc) is 2.84. The molecule has 1 aliphatic rings. The maximum atomic E-state index is 13.6. The van der Waals surface area contributed by atoms with Crippen molar-refractivity contribution in [1.82, 2.24) is 14.8 Å². The number of benzene rings is 2. The van der Waals surface area contributed by atoms with E-state index in [1.54, 1.807) is 0 Å². The van der Waals surface area contributed by atoms with E-state index >= 15 is 0 Å². The lowest BCUT2D eigenvalue weighted by Gasteiger charge is -2.32. The van der Waals surface area contributed by atoms with E-state index in [1.807, 2.05) is 24.3 Å². The molecule has 3 aromatic rings. The van der Waals surface area contributed by atoms with Gasteiger partial charge < -0.3 is 24.8 Å². The summed E-state index contributed by atoms with van der Waals surface area (Å²) >= 11 is 0. The van der Waals surface area contributed by atoms with Crippen LogP contribution in [0.5, 0.6) is 5.75 Å². The van der Waals surface area contributed by atoms with Crippen molar-refractivity contribution >= 4 is 22.3 Å². The fraction of sp³-hybridized carbons (Fsp3) is 0.320. The fourth-order valence-corrected chi connectivity index (χ4v) is 3.89. The Kier molecular flexibility index (Phi) is 7.66. The number of pyridine rings is 1. The summed E-state index contributed by atoms with van der Waals surface area (Å²) in [5.74, 6) is 0.380. The lowest BCUT2D eigenvalue weighted by Crippen LogP contribution is -2.44. The molecule has 0 bridgehead atoms. The Balaban J connectivity index is 1.33. The first kappa shape index (κ1) is 23.6. The average molecular weight is 465 g/mol. The monoisotopic (exact) mass is 464 g/mol. The number of halogens is 1. The maximum absolute atomic E-state index is 13.6. The van der Waals surface area contributed by atoms with Crippen molar-refractivity contribution in [1.29, 1.82) is 5.53 Å². The standard InChI is InChI=1S/C25H29FN6O2/c1-31-10-12-32(13-11-31)9-2-14-34-21-6-4-20(5-7-21)28-17-24(30-27)22-16-18-15-19(26)3-8-23(18)29-25(22)33/h3-8,15-17,27-28H,2,9-14H2,1H3,(H,29,33)/b24-17-,30-27?. The number of hydrogen-bond donors (Lipinski definition) is 3. The highest BCUT2D eigenvalue weighted by Crippen LogP contribution is 2.20. The second kappa shape index (κ2) is 11.0. The number of ether oxygens (including phenoxy) is 1. The van der Waals surface area contributed by atoms with Gasteiger partial charge in [0.2, 0.25) is 0 Å². The second-order valence-corrected chi connectivity index (χ2v) is 8.40. The molecular formula is C25H29FN6O2. The maximum Gasteiger partial charge on any atom is 0.258 e. The molecule has 178 valence electrons. The molecule has 8 nitrogen and oxygen atoms in total. The van der Waals surface area contributed by atoms with Crippen LogP contribution in [0.4, 0.5) is 10.1 Å². The van der Waals surface area contributed by atoms with Crippen LogP contribution in [0, 0.1) is 11.3 Å². The van der Waals surface area contributed by atoms with E-state index in [0.29, 0.717) is 17.5 Å². The number of rotatable bonds is 9. The van der Waals surface area contributed by atoms with Gasteiger partial charge in [-0.1, -0.05) is 0 Å². The molecule has 34 heavy (non-hydrogen) atoms. The van der Waals surface area contributed by atoms with Gasteiger partial charge in [0.1, 0.15) is 17.3 Å². The number of piperazine rings is 1. The van der Waals surface area contributed by atoms with Crippen molar-refractivity contribution < 1.29 is 9.13 Å². The predicted octanol–water partition coefficient (Wildman–Crippen LogP) is 4.12. The molecule has 1 aromatic heterocycles. The number of nitrogens with zero attached hydrogens (tertiary/aromatic N) is 3. The molecular weight excluding hydrogens is 435 g/mol. The van der Waals surface area contributed by atoms with Crippen molar-refractivity contribution in [2.45, 2.75) is 6.42 Å². The Morgan fingerprint density at radius 2 is 1.94 bits per heavy atom. The van der Waals surface area contributed by atoms with Crippen LogP contribution in [0.25, 0.3) is 16.6 Å². The quantitative estimate of drug-likeness (QED) is 0.327. The fourth-order valence-electron chi connectivity index (χ4n) is 3.89. The van der Waals surface area contributed by atoms with Gasteiger partial charge in [0.05, 0.1) is 12.2 Å². The van der Waals surface area contributed by atoms with Crippen LogP contribution < -0.4 is 15.6 Å². The van der Waals surface area contributed by atoms with E-state index in [-0.39, 0.29) is 11.3 Å². The van der Waals surface area contributed by atoms with Gasteiger partial charge in [-0.15, -0.1) is 0 Å². The summed E-state index contributed by atoms with van der Waals surface area (Å²) in [6, 6.07) is 13.1. The third-order valence-electron chi connectivity index (χ3n) is 5.92. The van der Waals surface area contributed by atoms with E-state index in [4.69, 9.17) is 10.3 Å². The first-order valence-electron chi connectivity index (χ1n) is 11.3. The number of likely N-dealkylation sites (N-methyl/N-ethyl adjacent to an activating group) is 1. The normalized spacial score (nSPS) is 15.4. The van der Waals surface area contributed by atoms with Gasteiger partial charge in [0, 0.05) is 55.5 Å². The molecule has 0 aliphatic carbocycles. The molecule has 3 N–H and O–H groups in total. The van der Waals surface area contributed by atoms with Gasteiger partial charge in [0.15, 0.2) is 0 Å². The molecule has 0 spiro atoms. The van der Waals surface area contributed by atoms with Crippen LogP contribution in [0.3, 0.4) is 0 Å². The third kappa shape index (κ3) is 6.06. The summed E-state index contributed by atoms with van der Waals surface area (Å²) in [6.07, 6.45) is 2.46. The summed E-state index contributed by atoms with van der Waals surface area (Å²) in [7, 11) is 2.16. The smallest absolute Gasteiger partial charge is 0.258 e. The van der Waals surface area contributed by atoms with Crippen LogP contribution in [0.1, 0.15) is 12.0 Å². The van der Waals surface area contributed by atoms with Crippen molar-refractivity contribution in [3.05, 3.63) is 76.5 Å². The zero-order valence-electron chi connectivity index (χ0n) is 19.2. The number of aromatic nitrogens is 1. The van der Waals surface area contributed by atoms with Crippen LogP contribution in [0.2, 0.25) is 0 Å². The molecule has 0 atom stereocenters. The number of nitrogens with one attached hydrogen (secondary N) is 3. The van der Waals surface area contributed by atoms with Gasteiger partial charge in [-0.25, -0.2) is 9.92 Å². The largest absolute Gasteiger partial charge is 0.494 e. The number of anilines is 1. The third-order valence-corrected chi connectivity index (χ3v) is 5.92. The molecule has 0 saturated carbocycles. The Morgan fingerprint density at radius 3 is 2.68 bits per heavy atom. The molecule has 0 amide bonds. The van der Waals surface area contributed by atoms with Gasteiger partial charge in [-0.3, -0.25) is 4.79 Å². The molecule has 0 radical (unpaired) electrons. The molecule has 2 aromatic carbocycles. The van der Waals surface area contributed by atoms with Crippen LogP contribution in [0.15, 0.2) is 64.6 Å². The zero-order valence-corrected chi connectivity index (χ0v) is 19.2. The minimum absolute atomic E-state index is 0.136. The van der Waals surface area contributed by atoms with E-state index in [0.717, 1.165) is 50.6 Å². The summed E-state index contributed by atoms with van der Waals surface area (Å²) in [6.45, 7) is 6.15. The van der Waals surface area contributed by atoms with Crippen molar-refractivity contribution in [3.63, 3.8) is 0 Å². The number of aromatic amines is 1. The van der Waals surface area contributed by atoms with E-state index in [2.05, 4.69) is 32.3 Å².